The third-order valence-electron chi connectivity index (χ3n) is 7.04. The Kier molecular flexibility index (Phi) is 5.71. The van der Waals surface area contributed by atoms with E-state index in [0.29, 0.717) is 11.4 Å². The van der Waals surface area contributed by atoms with Crippen LogP contribution in [0.1, 0.15) is 20.3 Å². The Morgan fingerprint density at radius 2 is 1.86 bits per heavy atom. The molecule has 0 aliphatic carbocycles. The van der Waals surface area contributed by atoms with E-state index in [-0.39, 0.29) is 23.6 Å². The molecule has 0 aromatic heterocycles. The van der Waals surface area contributed by atoms with Gasteiger partial charge in [-0.2, -0.15) is 0 Å². The van der Waals surface area contributed by atoms with Gasteiger partial charge in [-0.1, -0.05) is 6.92 Å². The molecule has 4 aliphatic rings. The van der Waals surface area contributed by atoms with Crippen LogP contribution >= 0.6 is 11.8 Å². The van der Waals surface area contributed by atoms with Gasteiger partial charge >= 0.3 is 5.97 Å². The minimum Gasteiger partial charge on any atom is -0.477 e. The van der Waals surface area contributed by atoms with Crippen molar-refractivity contribution in [1.82, 2.24) is 19.6 Å². The van der Waals surface area contributed by atoms with Gasteiger partial charge in [0.15, 0.2) is 0 Å². The van der Waals surface area contributed by atoms with Crippen LogP contribution in [-0.2, 0) is 9.59 Å². The molecule has 4 aliphatic heterocycles. The van der Waals surface area contributed by atoms with Crippen LogP contribution in [-0.4, -0.2) is 112 Å². The van der Waals surface area contributed by atoms with E-state index in [0.717, 1.165) is 44.0 Å². The highest BCUT2D eigenvalue weighted by Gasteiger charge is 2.60. The van der Waals surface area contributed by atoms with Crippen molar-refractivity contribution in [3.63, 3.8) is 0 Å². The lowest BCUT2D eigenvalue weighted by Crippen LogP contribution is -2.63. The first kappa shape index (κ1) is 21.1. The molecule has 3 saturated heterocycles. The normalized spacial score (nSPS) is 37.8. The molecule has 162 valence electrons. The number of aliphatic hydroxyl groups excluding tert-OH is 1. The van der Waals surface area contributed by atoms with Gasteiger partial charge in [0.1, 0.15) is 5.70 Å². The van der Waals surface area contributed by atoms with E-state index in [4.69, 9.17) is 0 Å². The average Bonchev–Trinajstić information content (AvgIpc) is 3.12. The molecule has 1 amide bonds. The van der Waals surface area contributed by atoms with Gasteiger partial charge in [0.2, 0.25) is 5.91 Å². The molecule has 9 heteroatoms. The van der Waals surface area contributed by atoms with Gasteiger partial charge in [-0.25, -0.2) is 4.79 Å². The number of aliphatic carboxylic acids is 1. The van der Waals surface area contributed by atoms with Crippen molar-refractivity contribution in [2.75, 3.05) is 46.8 Å². The first-order valence-electron chi connectivity index (χ1n) is 10.5. The number of rotatable bonds is 5. The number of carbonyl (C=O) groups is 2. The molecule has 29 heavy (non-hydrogen) atoms. The fourth-order valence-corrected chi connectivity index (χ4v) is 7.01. The number of thioether (sulfide) groups is 1. The van der Waals surface area contributed by atoms with E-state index in [1.54, 1.807) is 18.7 Å². The number of aliphatic hydroxyl groups is 1. The second-order valence-electron chi connectivity index (χ2n) is 9.01. The van der Waals surface area contributed by atoms with Gasteiger partial charge in [-0.3, -0.25) is 14.6 Å². The summed E-state index contributed by atoms with van der Waals surface area (Å²) >= 11 is 1.64. The third-order valence-corrected chi connectivity index (χ3v) is 8.53. The summed E-state index contributed by atoms with van der Waals surface area (Å²) in [5.41, 5.74) is 0.139. The number of carboxylic acid groups (broad SMARTS) is 1. The molecular formula is C20H32N4O4S. The number of amides is 1. The molecule has 6 atom stereocenters. The van der Waals surface area contributed by atoms with Crippen LogP contribution in [0, 0.1) is 11.8 Å². The Labute approximate surface area is 176 Å². The van der Waals surface area contributed by atoms with E-state index in [1.807, 2.05) is 6.92 Å². The maximum atomic E-state index is 12.5. The number of piperazine rings is 1. The fourth-order valence-electron chi connectivity index (χ4n) is 5.42. The van der Waals surface area contributed by atoms with Crippen LogP contribution in [0.25, 0.3) is 0 Å². The lowest BCUT2D eigenvalue weighted by atomic mass is 9.79. The molecule has 3 fully saturated rings. The summed E-state index contributed by atoms with van der Waals surface area (Å²) in [7, 11) is 4.30. The molecule has 0 saturated carbocycles. The van der Waals surface area contributed by atoms with Crippen molar-refractivity contribution in [1.29, 1.82) is 0 Å². The summed E-state index contributed by atoms with van der Waals surface area (Å²) in [6.45, 7) is 8.79. The molecule has 0 spiro atoms. The van der Waals surface area contributed by atoms with Crippen molar-refractivity contribution >= 4 is 23.6 Å². The SMILES string of the molecule is C[C@@H](O)[C@H]1C(=O)N2C(C(=O)O)=C(S[C@H]3C[C@H](N4CCN(C)CC4)N(C)C3)[C@H](C)[C@H]12. The summed E-state index contributed by atoms with van der Waals surface area (Å²) < 4.78 is 0. The second-order valence-corrected chi connectivity index (χ2v) is 10.3. The smallest absolute Gasteiger partial charge is 0.353 e. The zero-order chi connectivity index (χ0) is 21.0. The van der Waals surface area contributed by atoms with Crippen LogP contribution in [0.2, 0.25) is 0 Å². The molecule has 0 unspecified atom stereocenters. The van der Waals surface area contributed by atoms with Gasteiger partial charge in [-0.05, 0) is 27.4 Å². The molecule has 4 heterocycles. The molecule has 0 aromatic carbocycles. The largest absolute Gasteiger partial charge is 0.477 e. The van der Waals surface area contributed by atoms with E-state index < -0.39 is 18.0 Å². The van der Waals surface area contributed by atoms with Crippen LogP contribution in [0.5, 0.6) is 0 Å². The fraction of sp³-hybridized carbons (Fsp3) is 0.800. The highest BCUT2D eigenvalue weighted by Crippen LogP contribution is 2.52. The van der Waals surface area contributed by atoms with Gasteiger partial charge in [0.05, 0.1) is 24.2 Å². The molecule has 4 rings (SSSR count). The number of likely N-dealkylation sites (tertiary alicyclic amines) is 1. The Bertz CT molecular complexity index is 721. The van der Waals surface area contributed by atoms with E-state index >= 15 is 0 Å². The lowest BCUT2D eigenvalue weighted by Gasteiger charge is -2.46. The quantitative estimate of drug-likeness (QED) is 0.603. The monoisotopic (exact) mass is 424 g/mol. The number of carbonyl (C=O) groups excluding carboxylic acids is 1. The summed E-state index contributed by atoms with van der Waals surface area (Å²) in [4.78, 5) is 34.0. The number of hydrogen-bond donors (Lipinski definition) is 2. The minimum atomic E-state index is -1.04. The third kappa shape index (κ3) is 3.50. The predicted octanol–water partition coefficient (Wildman–Crippen LogP) is 0.151. The predicted molar refractivity (Wildman–Crippen MR) is 111 cm³/mol. The van der Waals surface area contributed by atoms with Crippen molar-refractivity contribution in [3.8, 4) is 0 Å². The number of nitrogens with zero attached hydrogens (tertiary/aromatic N) is 4. The Balaban J connectivity index is 1.49. The number of β-lactam (4-membered cyclic amide) rings is 1. The minimum absolute atomic E-state index is 0.0589. The van der Waals surface area contributed by atoms with Gasteiger partial charge in [0.25, 0.3) is 0 Å². The Hall–Kier alpha value is -1.13. The van der Waals surface area contributed by atoms with Gasteiger partial charge < -0.3 is 20.0 Å². The first-order valence-corrected chi connectivity index (χ1v) is 11.4. The number of likely N-dealkylation sites (N-methyl/N-ethyl adjacent to an activating group) is 1. The maximum absolute atomic E-state index is 12.5. The summed E-state index contributed by atoms with van der Waals surface area (Å²) in [5, 5.41) is 20.1. The maximum Gasteiger partial charge on any atom is 0.353 e. The Morgan fingerprint density at radius 1 is 1.21 bits per heavy atom. The Morgan fingerprint density at radius 3 is 2.45 bits per heavy atom. The second kappa shape index (κ2) is 7.85. The van der Waals surface area contributed by atoms with Crippen LogP contribution in [0.4, 0.5) is 0 Å². The molecule has 0 bridgehead atoms. The summed E-state index contributed by atoms with van der Waals surface area (Å²) in [6.07, 6.45) is 0.618. The average molecular weight is 425 g/mol. The zero-order valence-corrected chi connectivity index (χ0v) is 18.4. The number of fused-ring (bicyclic) bond motifs is 1. The highest BCUT2D eigenvalue weighted by atomic mass is 32.2. The molecule has 0 radical (unpaired) electrons. The first-order chi connectivity index (χ1) is 13.7. The summed E-state index contributed by atoms with van der Waals surface area (Å²) in [6, 6.07) is -0.233. The number of carboxylic acids is 1. The molecular weight excluding hydrogens is 392 g/mol. The zero-order valence-electron chi connectivity index (χ0n) is 17.6. The van der Waals surface area contributed by atoms with E-state index in [2.05, 4.69) is 28.8 Å². The molecule has 0 aromatic rings. The van der Waals surface area contributed by atoms with Gasteiger partial charge in [-0.15, -0.1) is 11.8 Å². The number of hydrogen-bond acceptors (Lipinski definition) is 7. The highest BCUT2D eigenvalue weighted by molar-refractivity contribution is 8.03. The van der Waals surface area contributed by atoms with E-state index in [9.17, 15) is 19.8 Å². The van der Waals surface area contributed by atoms with Crippen molar-refractivity contribution in [3.05, 3.63) is 10.6 Å². The van der Waals surface area contributed by atoms with E-state index in [1.165, 1.54) is 4.90 Å². The van der Waals surface area contributed by atoms with Crippen LogP contribution in [0.15, 0.2) is 10.6 Å². The van der Waals surface area contributed by atoms with Crippen LogP contribution in [0.3, 0.4) is 0 Å². The van der Waals surface area contributed by atoms with Crippen molar-refractivity contribution in [2.24, 2.45) is 11.8 Å². The summed E-state index contributed by atoms with van der Waals surface area (Å²) in [5.74, 6) is -1.86. The standard InChI is InChI=1S/C20H32N4O4S/c1-11-16-15(12(2)25)19(26)24(16)17(20(27)28)18(11)29-13-9-14(22(4)10-13)23-7-5-21(3)6-8-23/h11-16,25H,5-10H2,1-4H3,(H,27,28)/t11-,12-,13+,14+,15-,16-/m1/s1. The topological polar surface area (TPSA) is 87.6 Å². The van der Waals surface area contributed by atoms with Crippen molar-refractivity contribution in [2.45, 2.75) is 43.8 Å². The van der Waals surface area contributed by atoms with Crippen molar-refractivity contribution < 1.29 is 19.8 Å². The lowest BCUT2D eigenvalue weighted by molar-refractivity contribution is -0.163. The molecule has 8 nitrogen and oxygen atoms in total. The van der Waals surface area contributed by atoms with Crippen LogP contribution < -0.4 is 0 Å². The van der Waals surface area contributed by atoms with Gasteiger partial charge in [0, 0.05) is 48.8 Å². The molecule has 2 N–H and O–H groups in total.